The fraction of sp³-hybridized carbons (Fsp3) is 0.205. The first kappa shape index (κ1) is 31.8. The quantitative estimate of drug-likeness (QED) is 0.108. The highest BCUT2D eigenvalue weighted by Gasteiger charge is 2.25. The van der Waals surface area contributed by atoms with Gasteiger partial charge in [0.1, 0.15) is 18.1 Å². The molecule has 238 valence electrons. The van der Waals surface area contributed by atoms with Gasteiger partial charge < -0.3 is 19.1 Å². The van der Waals surface area contributed by atoms with Crippen molar-refractivity contribution in [1.29, 1.82) is 0 Å². The van der Waals surface area contributed by atoms with Crippen LogP contribution in [0.25, 0.3) is 32.7 Å². The molecule has 0 spiro atoms. The molecule has 0 fully saturated rings. The van der Waals surface area contributed by atoms with Crippen molar-refractivity contribution in [3.8, 4) is 22.6 Å². The third-order valence-corrected chi connectivity index (χ3v) is 8.93. The lowest BCUT2D eigenvalue weighted by atomic mass is 9.90. The van der Waals surface area contributed by atoms with Gasteiger partial charge in [-0.05, 0) is 59.7 Å². The van der Waals surface area contributed by atoms with E-state index in [2.05, 4.69) is 36.4 Å². The molecule has 0 aliphatic heterocycles. The molecule has 1 aromatic heterocycles. The zero-order chi connectivity index (χ0) is 32.9. The van der Waals surface area contributed by atoms with Crippen LogP contribution in [-0.4, -0.2) is 44.1 Å². The average Bonchev–Trinajstić information content (AvgIpc) is 3.59. The van der Waals surface area contributed by atoms with Gasteiger partial charge in [0.25, 0.3) is 5.91 Å². The molecule has 1 heterocycles. The summed E-state index contributed by atoms with van der Waals surface area (Å²) >= 11 is 1.52. The summed E-state index contributed by atoms with van der Waals surface area (Å²) in [6.07, 6.45) is 1.88. The summed E-state index contributed by atoms with van der Waals surface area (Å²) < 4.78 is 19.7. The number of methoxy groups -OCH3 is 2. The number of esters is 1. The normalized spacial score (nSPS) is 11.1. The molecule has 6 rings (SSSR count). The van der Waals surface area contributed by atoms with Crippen molar-refractivity contribution in [2.45, 2.75) is 26.9 Å². The number of carbonyl (C=O) groups excluding carboxylic acids is 2. The average molecular weight is 646 g/mol. The molecule has 0 radical (unpaired) electrons. The number of hydrogen-bond donors (Lipinski definition) is 0. The van der Waals surface area contributed by atoms with Gasteiger partial charge in [-0.1, -0.05) is 83.1 Å². The van der Waals surface area contributed by atoms with Crippen LogP contribution in [0.2, 0.25) is 0 Å². The number of amides is 1. The fourth-order valence-corrected chi connectivity index (χ4v) is 6.79. The van der Waals surface area contributed by atoms with Crippen LogP contribution in [0.4, 0.5) is 0 Å². The van der Waals surface area contributed by atoms with Crippen molar-refractivity contribution in [3.05, 3.63) is 124 Å². The Balaban J connectivity index is 1.40. The number of ether oxygens (including phenoxy) is 3. The Morgan fingerprint density at radius 3 is 2.19 bits per heavy atom. The molecule has 5 aromatic carbocycles. The predicted molar refractivity (Wildman–Crippen MR) is 186 cm³/mol. The van der Waals surface area contributed by atoms with Gasteiger partial charge in [-0.25, -0.2) is 4.79 Å². The Bertz CT molecular complexity index is 2050. The molecule has 6 aromatic rings. The summed E-state index contributed by atoms with van der Waals surface area (Å²) in [5, 5.41) is 6.06. The molecule has 0 N–H and O–H groups in total. The number of benzene rings is 5. The number of rotatable bonds is 11. The Labute approximate surface area is 278 Å². The van der Waals surface area contributed by atoms with Crippen LogP contribution in [0.15, 0.2) is 102 Å². The second-order valence-corrected chi connectivity index (χ2v) is 12.3. The first-order chi connectivity index (χ1) is 22.9. The third-order valence-electron chi connectivity index (χ3n) is 8.25. The van der Waals surface area contributed by atoms with Crippen LogP contribution >= 0.6 is 11.3 Å². The Hall–Kier alpha value is -5.21. The smallest absolute Gasteiger partial charge is 0.338 e. The van der Waals surface area contributed by atoms with Crippen LogP contribution in [0.3, 0.4) is 0 Å². The van der Waals surface area contributed by atoms with Crippen molar-refractivity contribution >= 4 is 44.8 Å². The zero-order valence-corrected chi connectivity index (χ0v) is 27.8. The maximum Gasteiger partial charge on any atom is 0.338 e. The molecule has 0 aliphatic rings. The van der Waals surface area contributed by atoms with E-state index in [0.717, 1.165) is 55.1 Å². The van der Waals surface area contributed by atoms with E-state index in [0.29, 0.717) is 11.3 Å². The highest BCUT2D eigenvalue weighted by atomic mass is 32.1. The van der Waals surface area contributed by atoms with Crippen LogP contribution in [-0.2, 0) is 22.6 Å². The van der Waals surface area contributed by atoms with E-state index in [1.54, 1.807) is 19.1 Å². The molecule has 0 aliphatic carbocycles. The summed E-state index contributed by atoms with van der Waals surface area (Å²) in [5.74, 6) is 0.872. The lowest BCUT2D eigenvalue weighted by Gasteiger charge is -2.25. The maximum atomic E-state index is 13.9. The topological polar surface area (TPSA) is 68.9 Å². The van der Waals surface area contributed by atoms with Gasteiger partial charge >= 0.3 is 5.97 Å². The summed E-state index contributed by atoms with van der Waals surface area (Å²) in [6, 6.07) is 28.1. The van der Waals surface area contributed by atoms with Crippen LogP contribution in [0.5, 0.6) is 11.5 Å². The zero-order valence-electron chi connectivity index (χ0n) is 27.0. The molecule has 0 saturated carbocycles. The van der Waals surface area contributed by atoms with Gasteiger partial charge in [0.2, 0.25) is 12.1 Å². The molecule has 1 amide bonds. The molecule has 0 bridgehead atoms. The maximum absolute atomic E-state index is 13.9. The highest BCUT2D eigenvalue weighted by Crippen LogP contribution is 2.47. The van der Waals surface area contributed by atoms with E-state index in [1.165, 1.54) is 11.3 Å². The third kappa shape index (κ3) is 6.83. The molecular formula is C39H37N2O5S+. The minimum atomic E-state index is -0.412. The molecule has 0 saturated heterocycles. The molecule has 8 heteroatoms. The van der Waals surface area contributed by atoms with Crippen LogP contribution in [0, 0.1) is 13.8 Å². The molecule has 7 nitrogen and oxygen atoms in total. The summed E-state index contributed by atoms with van der Waals surface area (Å²) in [7, 11) is 3.34. The van der Waals surface area contributed by atoms with Crippen molar-refractivity contribution in [2.24, 2.45) is 0 Å². The van der Waals surface area contributed by atoms with E-state index in [9.17, 15) is 9.59 Å². The predicted octanol–water partition coefficient (Wildman–Crippen LogP) is 7.53. The summed E-state index contributed by atoms with van der Waals surface area (Å²) in [5.41, 5.74) is 7.04. The van der Waals surface area contributed by atoms with Gasteiger partial charge in [-0.2, -0.15) is 4.57 Å². The van der Waals surface area contributed by atoms with E-state index in [1.807, 2.05) is 84.0 Å². The van der Waals surface area contributed by atoms with Gasteiger partial charge in [0, 0.05) is 23.2 Å². The van der Waals surface area contributed by atoms with E-state index in [-0.39, 0.29) is 32.1 Å². The number of fused-ring (bicyclic) bond motifs is 2. The number of nitrogens with zero attached hydrogens (tertiary/aromatic N) is 2. The molecule has 47 heavy (non-hydrogen) atoms. The largest absolute Gasteiger partial charge is 0.496 e. The fourth-order valence-electron chi connectivity index (χ4n) is 6.19. The molecule has 0 unspecified atom stereocenters. The minimum Gasteiger partial charge on any atom is -0.496 e. The van der Waals surface area contributed by atoms with Gasteiger partial charge in [-0.3, -0.25) is 4.79 Å². The standard InChI is InChI=1S/C39H37N2O5S/c1-26-19-27(2)21-30(20-26)39(43)46-17-15-41(35(42)24-40-16-18-47-25-40)23-31-22-29-10-6-8-12-33(29)37(38(31)45-4)36-32-11-7-5-9-28(32)13-14-34(36)44-3/h5-14,16,18-22,25H,15,17,23-24H2,1-4H3/q+1. The van der Waals surface area contributed by atoms with Crippen molar-refractivity contribution in [1.82, 2.24) is 4.90 Å². The second-order valence-electron chi connectivity index (χ2n) is 11.6. The summed E-state index contributed by atoms with van der Waals surface area (Å²) in [6.45, 7) is 4.57. The van der Waals surface area contributed by atoms with Crippen molar-refractivity contribution < 1.29 is 28.4 Å². The number of aromatic nitrogens is 1. The number of aryl methyl sites for hydroxylation is 2. The van der Waals surface area contributed by atoms with Crippen LogP contribution in [0.1, 0.15) is 27.0 Å². The first-order valence-electron chi connectivity index (χ1n) is 15.5. The minimum absolute atomic E-state index is 0.0474. The Kier molecular flexibility index (Phi) is 9.50. The van der Waals surface area contributed by atoms with E-state index >= 15 is 0 Å². The lowest BCUT2D eigenvalue weighted by Crippen LogP contribution is -2.44. The van der Waals surface area contributed by atoms with E-state index in [4.69, 9.17) is 14.2 Å². The number of hydrogen-bond acceptors (Lipinski definition) is 6. The molecule has 0 atom stereocenters. The number of thiazole rings is 1. The van der Waals surface area contributed by atoms with Crippen LogP contribution < -0.4 is 14.0 Å². The SMILES string of the molecule is COc1ccc2ccccc2c1-c1c(OC)c(CN(CCOC(=O)c2cc(C)cc(C)c2)C(=O)C[n+]2ccsc2)cc2ccccc12. The number of carbonyl (C=O) groups is 2. The van der Waals surface area contributed by atoms with Crippen molar-refractivity contribution in [2.75, 3.05) is 27.4 Å². The lowest BCUT2D eigenvalue weighted by molar-refractivity contribution is -0.680. The molecular weight excluding hydrogens is 609 g/mol. The second kappa shape index (κ2) is 14.1. The Morgan fingerprint density at radius 1 is 0.809 bits per heavy atom. The summed E-state index contributed by atoms with van der Waals surface area (Å²) in [4.78, 5) is 28.6. The Morgan fingerprint density at radius 2 is 1.51 bits per heavy atom. The van der Waals surface area contributed by atoms with E-state index < -0.39 is 5.97 Å². The van der Waals surface area contributed by atoms with Gasteiger partial charge in [0.05, 0.1) is 31.7 Å². The van der Waals surface area contributed by atoms with Gasteiger partial charge in [-0.15, -0.1) is 0 Å². The van der Waals surface area contributed by atoms with Crippen molar-refractivity contribution in [3.63, 3.8) is 0 Å². The van der Waals surface area contributed by atoms with Gasteiger partial charge in [0.15, 0.2) is 6.20 Å². The monoisotopic (exact) mass is 645 g/mol. The first-order valence-corrected chi connectivity index (χ1v) is 16.4. The highest BCUT2D eigenvalue weighted by molar-refractivity contribution is 7.07.